The van der Waals surface area contributed by atoms with Crippen molar-refractivity contribution in [1.82, 2.24) is 4.90 Å². The summed E-state index contributed by atoms with van der Waals surface area (Å²) in [5, 5.41) is 10.8. The van der Waals surface area contributed by atoms with Crippen LogP contribution < -0.4 is 4.74 Å². The van der Waals surface area contributed by atoms with Gasteiger partial charge < -0.3 is 4.74 Å². The molecule has 8 heteroatoms. The summed E-state index contributed by atoms with van der Waals surface area (Å²) in [5.74, 6) is 0.225. The van der Waals surface area contributed by atoms with Gasteiger partial charge in [-0.1, -0.05) is 48.5 Å². The Labute approximate surface area is 194 Å². The number of thioether (sulfide) groups is 1. The molecule has 0 bridgehead atoms. The first-order valence-corrected chi connectivity index (χ1v) is 11.0. The third-order valence-electron chi connectivity index (χ3n) is 5.22. The van der Waals surface area contributed by atoms with E-state index in [-0.39, 0.29) is 30.0 Å². The summed E-state index contributed by atoms with van der Waals surface area (Å²) in [6.07, 6.45) is 1.68. The van der Waals surface area contributed by atoms with Gasteiger partial charge in [0.15, 0.2) is 0 Å². The molecule has 0 atom stereocenters. The highest BCUT2D eigenvalue weighted by atomic mass is 32.2. The van der Waals surface area contributed by atoms with Crippen LogP contribution >= 0.6 is 11.8 Å². The minimum atomic E-state index is -0.437. The molecule has 1 fully saturated rings. The maximum absolute atomic E-state index is 12.8. The number of carbonyl (C=O) groups excluding carboxylic acids is 2. The van der Waals surface area contributed by atoms with Gasteiger partial charge in [-0.3, -0.25) is 24.6 Å². The van der Waals surface area contributed by atoms with E-state index >= 15 is 0 Å². The largest absolute Gasteiger partial charge is 0.489 e. The lowest BCUT2D eigenvalue weighted by atomic mass is 10.1. The molecule has 0 spiro atoms. The van der Waals surface area contributed by atoms with Gasteiger partial charge in [-0.15, -0.1) is 0 Å². The molecule has 1 aliphatic rings. The average Bonchev–Trinajstić information content (AvgIpc) is 3.07. The molecule has 1 aliphatic heterocycles. The van der Waals surface area contributed by atoms with E-state index in [4.69, 9.17) is 4.74 Å². The van der Waals surface area contributed by atoms with Gasteiger partial charge in [0.25, 0.3) is 16.8 Å². The predicted molar refractivity (Wildman–Crippen MR) is 127 cm³/mol. The lowest BCUT2D eigenvalue weighted by Crippen LogP contribution is -2.27. The number of ether oxygens (including phenoxy) is 1. The number of nitro benzene ring substituents is 1. The highest BCUT2D eigenvalue weighted by Gasteiger charge is 2.35. The van der Waals surface area contributed by atoms with Gasteiger partial charge in [0, 0.05) is 6.07 Å². The second-order valence-electron chi connectivity index (χ2n) is 7.44. The SMILES string of the molecule is Cc1ccccc1CN1C(=O)S/C(=C\c2ccc(OCc3ccccc3[N+](=O)[O-])cc2)C1=O. The summed E-state index contributed by atoms with van der Waals surface area (Å²) in [4.78, 5) is 37.5. The third-order valence-corrected chi connectivity index (χ3v) is 6.13. The Hall–Kier alpha value is -3.91. The number of carbonyl (C=O) groups is 2. The fourth-order valence-corrected chi connectivity index (χ4v) is 4.22. The van der Waals surface area contributed by atoms with Crippen LogP contribution in [0.2, 0.25) is 0 Å². The third kappa shape index (κ3) is 5.12. The zero-order valence-electron chi connectivity index (χ0n) is 17.8. The van der Waals surface area contributed by atoms with Gasteiger partial charge in [-0.2, -0.15) is 0 Å². The summed E-state index contributed by atoms with van der Waals surface area (Å²) < 4.78 is 5.68. The summed E-state index contributed by atoms with van der Waals surface area (Å²) in [6.45, 7) is 2.26. The molecule has 1 saturated heterocycles. The number of benzene rings is 3. The minimum absolute atomic E-state index is 0.00976. The maximum atomic E-state index is 12.8. The lowest BCUT2D eigenvalue weighted by molar-refractivity contribution is -0.385. The topological polar surface area (TPSA) is 89.8 Å². The molecule has 1 heterocycles. The van der Waals surface area contributed by atoms with Crippen LogP contribution in [0.3, 0.4) is 0 Å². The molecule has 33 heavy (non-hydrogen) atoms. The molecule has 0 aliphatic carbocycles. The van der Waals surface area contributed by atoms with Crippen molar-refractivity contribution in [2.24, 2.45) is 0 Å². The first-order chi connectivity index (χ1) is 15.9. The summed E-state index contributed by atoms with van der Waals surface area (Å²) >= 11 is 0.921. The molecule has 0 saturated carbocycles. The number of amides is 2. The zero-order chi connectivity index (χ0) is 23.4. The molecule has 0 N–H and O–H groups in total. The normalized spacial score (nSPS) is 14.7. The van der Waals surface area contributed by atoms with Gasteiger partial charge in [0.05, 0.1) is 21.9 Å². The average molecular weight is 461 g/mol. The summed E-state index contributed by atoms with van der Waals surface area (Å²) in [6, 6.07) is 21.1. The van der Waals surface area contributed by atoms with Gasteiger partial charge in [-0.05, 0) is 59.7 Å². The Kier molecular flexibility index (Phi) is 6.55. The first kappa shape index (κ1) is 22.3. The lowest BCUT2D eigenvalue weighted by Gasteiger charge is -2.14. The second-order valence-corrected chi connectivity index (χ2v) is 8.43. The van der Waals surface area contributed by atoms with Crippen molar-refractivity contribution >= 4 is 34.7 Å². The Morgan fingerprint density at radius 2 is 1.64 bits per heavy atom. The van der Waals surface area contributed by atoms with E-state index in [1.165, 1.54) is 11.0 Å². The van der Waals surface area contributed by atoms with E-state index in [0.29, 0.717) is 16.2 Å². The number of aryl methyl sites for hydroxylation is 1. The predicted octanol–water partition coefficient (Wildman–Crippen LogP) is 5.72. The van der Waals surface area contributed by atoms with Crippen LogP contribution in [0.4, 0.5) is 10.5 Å². The molecule has 0 radical (unpaired) electrons. The van der Waals surface area contributed by atoms with Crippen molar-refractivity contribution < 1.29 is 19.2 Å². The molecule has 0 unspecified atom stereocenters. The van der Waals surface area contributed by atoms with E-state index in [2.05, 4.69) is 0 Å². The molecule has 0 aromatic heterocycles. The molecular weight excluding hydrogens is 440 g/mol. The summed E-state index contributed by atoms with van der Waals surface area (Å²) in [7, 11) is 0. The summed E-state index contributed by atoms with van der Waals surface area (Å²) in [5.41, 5.74) is 3.19. The van der Waals surface area contributed by atoms with E-state index in [9.17, 15) is 19.7 Å². The van der Waals surface area contributed by atoms with Gasteiger partial charge >= 0.3 is 0 Å². The van der Waals surface area contributed by atoms with Gasteiger partial charge in [0.1, 0.15) is 12.4 Å². The van der Waals surface area contributed by atoms with Crippen molar-refractivity contribution in [3.8, 4) is 5.75 Å². The van der Waals surface area contributed by atoms with Crippen molar-refractivity contribution in [3.63, 3.8) is 0 Å². The van der Waals surface area contributed by atoms with Crippen molar-refractivity contribution in [2.75, 3.05) is 0 Å². The van der Waals surface area contributed by atoms with Crippen LogP contribution in [0.25, 0.3) is 6.08 Å². The number of hydrogen-bond donors (Lipinski definition) is 0. The molecular formula is C25H20N2O5S. The standard InChI is InChI=1S/C25H20N2O5S/c1-17-6-2-3-7-19(17)15-26-24(28)23(33-25(26)29)14-18-10-12-21(13-11-18)32-16-20-8-4-5-9-22(20)27(30)31/h2-14H,15-16H2,1H3/b23-14-. The smallest absolute Gasteiger partial charge is 0.293 e. The number of hydrogen-bond acceptors (Lipinski definition) is 6. The van der Waals surface area contributed by atoms with E-state index in [1.807, 2.05) is 31.2 Å². The van der Waals surface area contributed by atoms with Crippen molar-refractivity contribution in [1.29, 1.82) is 0 Å². The second kappa shape index (κ2) is 9.70. The van der Waals surface area contributed by atoms with Crippen LogP contribution in [0.1, 0.15) is 22.3 Å². The Morgan fingerprint density at radius 3 is 2.33 bits per heavy atom. The van der Waals surface area contributed by atoms with Crippen molar-refractivity contribution in [2.45, 2.75) is 20.1 Å². The Bertz CT molecular complexity index is 1250. The molecule has 3 aromatic carbocycles. The van der Waals surface area contributed by atoms with Gasteiger partial charge in [0.2, 0.25) is 0 Å². The molecule has 2 amide bonds. The highest BCUT2D eigenvalue weighted by Crippen LogP contribution is 2.34. The van der Waals surface area contributed by atoms with E-state index < -0.39 is 4.92 Å². The van der Waals surface area contributed by atoms with E-state index in [0.717, 1.165) is 28.5 Å². The molecule has 4 rings (SSSR count). The number of nitro groups is 1. The first-order valence-electron chi connectivity index (χ1n) is 10.2. The van der Waals surface area contributed by atoms with Crippen molar-refractivity contribution in [3.05, 3.63) is 110 Å². The minimum Gasteiger partial charge on any atom is -0.489 e. The van der Waals surface area contributed by atoms with Crippen LogP contribution in [-0.4, -0.2) is 21.0 Å². The molecule has 3 aromatic rings. The van der Waals surface area contributed by atoms with Crippen LogP contribution in [-0.2, 0) is 17.9 Å². The fourth-order valence-electron chi connectivity index (χ4n) is 3.38. The van der Waals surface area contributed by atoms with Gasteiger partial charge in [-0.25, -0.2) is 0 Å². The Morgan fingerprint density at radius 1 is 0.970 bits per heavy atom. The maximum Gasteiger partial charge on any atom is 0.293 e. The number of para-hydroxylation sites is 1. The van der Waals surface area contributed by atoms with Crippen LogP contribution in [0.15, 0.2) is 77.7 Å². The highest BCUT2D eigenvalue weighted by molar-refractivity contribution is 8.18. The van der Waals surface area contributed by atoms with E-state index in [1.54, 1.807) is 48.5 Å². The zero-order valence-corrected chi connectivity index (χ0v) is 18.6. The molecule has 7 nitrogen and oxygen atoms in total. The Balaban J connectivity index is 1.42. The fraction of sp³-hybridized carbons (Fsp3) is 0.120. The number of rotatable bonds is 7. The quantitative estimate of drug-likeness (QED) is 0.255. The monoisotopic (exact) mass is 460 g/mol. The molecule has 166 valence electrons. The van der Waals surface area contributed by atoms with Crippen LogP contribution in [0, 0.1) is 17.0 Å². The number of nitrogens with zero attached hydrogens (tertiary/aromatic N) is 2. The number of imide groups is 1. The van der Waals surface area contributed by atoms with Crippen LogP contribution in [0.5, 0.6) is 5.75 Å².